The highest BCUT2D eigenvalue weighted by molar-refractivity contribution is 5.69. The molecule has 2 rings (SSSR count). The number of aromatic nitrogens is 2. The molecule has 7 nitrogen and oxygen atoms in total. The van der Waals surface area contributed by atoms with Gasteiger partial charge in [0.15, 0.2) is 0 Å². The summed E-state index contributed by atoms with van der Waals surface area (Å²) < 4.78 is 0. The SMILES string of the molecule is CCNc1ncnc(NCC2C(C)(C)C2(C)C)c1[N+](=O)[O-]. The van der Waals surface area contributed by atoms with Crippen molar-refractivity contribution >= 4 is 17.3 Å². The zero-order valence-corrected chi connectivity index (χ0v) is 13.2. The van der Waals surface area contributed by atoms with Gasteiger partial charge < -0.3 is 10.6 Å². The summed E-state index contributed by atoms with van der Waals surface area (Å²) in [5, 5.41) is 17.3. The third-order valence-electron chi connectivity index (χ3n) is 5.14. The van der Waals surface area contributed by atoms with Gasteiger partial charge in [-0.05, 0) is 23.7 Å². The van der Waals surface area contributed by atoms with Crippen LogP contribution < -0.4 is 10.6 Å². The zero-order chi connectivity index (χ0) is 15.8. The third-order valence-corrected chi connectivity index (χ3v) is 5.14. The lowest BCUT2D eigenvalue weighted by Gasteiger charge is -2.09. The lowest BCUT2D eigenvalue weighted by atomic mass is 10.0. The number of nitrogens with one attached hydrogen (secondary N) is 2. The lowest BCUT2D eigenvalue weighted by molar-refractivity contribution is -0.383. The van der Waals surface area contributed by atoms with E-state index in [9.17, 15) is 10.1 Å². The molecule has 2 N–H and O–H groups in total. The summed E-state index contributed by atoms with van der Waals surface area (Å²) in [7, 11) is 0. The van der Waals surface area contributed by atoms with Gasteiger partial charge in [0.2, 0.25) is 11.6 Å². The molecule has 0 spiro atoms. The molecule has 0 amide bonds. The molecule has 0 atom stereocenters. The van der Waals surface area contributed by atoms with E-state index in [1.807, 2.05) is 6.92 Å². The van der Waals surface area contributed by atoms with Crippen molar-refractivity contribution < 1.29 is 4.92 Å². The summed E-state index contributed by atoms with van der Waals surface area (Å²) >= 11 is 0. The molecule has 0 aromatic carbocycles. The minimum Gasteiger partial charge on any atom is -0.364 e. The standard InChI is InChI=1S/C14H23N5O2/c1-6-15-11-10(19(20)21)12(18-8-17-11)16-7-9-13(2,3)14(9,4)5/h8-9H,6-7H2,1-5H3,(H2,15,16,17,18). The summed E-state index contributed by atoms with van der Waals surface area (Å²) in [5.74, 6) is 1.00. The van der Waals surface area contributed by atoms with E-state index < -0.39 is 4.92 Å². The fourth-order valence-corrected chi connectivity index (χ4v) is 3.02. The van der Waals surface area contributed by atoms with Crippen molar-refractivity contribution in [1.29, 1.82) is 0 Å². The van der Waals surface area contributed by atoms with Gasteiger partial charge in [0.25, 0.3) is 0 Å². The van der Waals surface area contributed by atoms with Crippen molar-refractivity contribution in [2.75, 3.05) is 23.7 Å². The summed E-state index contributed by atoms with van der Waals surface area (Å²) in [6.45, 7) is 12.0. The summed E-state index contributed by atoms with van der Waals surface area (Å²) in [4.78, 5) is 18.8. The van der Waals surface area contributed by atoms with Crippen LogP contribution in [0.2, 0.25) is 0 Å². The molecule has 116 valence electrons. The first kappa shape index (κ1) is 15.5. The maximum absolute atomic E-state index is 11.3. The largest absolute Gasteiger partial charge is 0.364 e. The van der Waals surface area contributed by atoms with Crippen LogP contribution in [0.25, 0.3) is 0 Å². The second-order valence-electron chi connectivity index (χ2n) is 6.58. The zero-order valence-electron chi connectivity index (χ0n) is 13.2. The highest BCUT2D eigenvalue weighted by Gasteiger charge is 2.64. The summed E-state index contributed by atoms with van der Waals surface area (Å²) in [5.41, 5.74) is 0.370. The second-order valence-corrected chi connectivity index (χ2v) is 6.58. The first-order valence-electron chi connectivity index (χ1n) is 7.20. The number of nitrogens with zero attached hydrogens (tertiary/aromatic N) is 3. The highest BCUT2D eigenvalue weighted by Crippen LogP contribution is 2.68. The van der Waals surface area contributed by atoms with Crippen LogP contribution in [0.4, 0.5) is 17.3 Å². The van der Waals surface area contributed by atoms with Gasteiger partial charge in [0, 0.05) is 13.1 Å². The van der Waals surface area contributed by atoms with Crippen LogP contribution in [-0.4, -0.2) is 28.0 Å². The summed E-state index contributed by atoms with van der Waals surface area (Å²) in [6.07, 6.45) is 1.34. The molecule has 1 fully saturated rings. The first-order valence-corrected chi connectivity index (χ1v) is 7.20. The lowest BCUT2D eigenvalue weighted by Crippen LogP contribution is -2.13. The Morgan fingerprint density at radius 3 is 2.14 bits per heavy atom. The van der Waals surface area contributed by atoms with Gasteiger partial charge in [-0.25, -0.2) is 9.97 Å². The number of rotatable bonds is 6. The van der Waals surface area contributed by atoms with E-state index in [1.165, 1.54) is 6.33 Å². The van der Waals surface area contributed by atoms with Gasteiger partial charge in [-0.3, -0.25) is 10.1 Å². The normalized spacial score (nSPS) is 19.1. The van der Waals surface area contributed by atoms with Crippen LogP contribution in [0.3, 0.4) is 0 Å². The maximum atomic E-state index is 11.3. The minimum absolute atomic E-state index is 0.0874. The van der Waals surface area contributed by atoms with Crippen LogP contribution in [0.1, 0.15) is 34.6 Å². The molecule has 1 aromatic rings. The second kappa shape index (κ2) is 5.13. The van der Waals surface area contributed by atoms with Gasteiger partial charge in [0.1, 0.15) is 6.33 Å². The Bertz CT molecular complexity index is 542. The van der Waals surface area contributed by atoms with Crippen molar-refractivity contribution in [1.82, 2.24) is 9.97 Å². The smallest absolute Gasteiger partial charge is 0.353 e. The van der Waals surface area contributed by atoms with Crippen molar-refractivity contribution in [2.45, 2.75) is 34.6 Å². The predicted octanol–water partition coefficient (Wildman–Crippen LogP) is 2.91. The fourth-order valence-electron chi connectivity index (χ4n) is 3.02. The molecule has 1 heterocycles. The van der Waals surface area contributed by atoms with Gasteiger partial charge in [0.05, 0.1) is 4.92 Å². The number of hydrogen-bond donors (Lipinski definition) is 2. The van der Waals surface area contributed by atoms with E-state index in [0.29, 0.717) is 19.0 Å². The quantitative estimate of drug-likeness (QED) is 0.619. The minimum atomic E-state index is -0.441. The molecule has 1 aliphatic rings. The van der Waals surface area contributed by atoms with E-state index in [-0.39, 0.29) is 28.2 Å². The Morgan fingerprint density at radius 2 is 1.71 bits per heavy atom. The number of nitro groups is 1. The Labute approximate surface area is 124 Å². The van der Waals surface area contributed by atoms with Crippen molar-refractivity contribution in [3.8, 4) is 0 Å². The van der Waals surface area contributed by atoms with Gasteiger partial charge in [-0.2, -0.15) is 0 Å². The van der Waals surface area contributed by atoms with Gasteiger partial charge >= 0.3 is 5.69 Å². The third kappa shape index (κ3) is 2.52. The molecule has 1 aliphatic carbocycles. The monoisotopic (exact) mass is 293 g/mol. The first-order chi connectivity index (χ1) is 9.73. The predicted molar refractivity (Wildman–Crippen MR) is 82.4 cm³/mol. The van der Waals surface area contributed by atoms with E-state index in [4.69, 9.17) is 0 Å². The Balaban J connectivity index is 2.18. The van der Waals surface area contributed by atoms with Crippen LogP contribution in [-0.2, 0) is 0 Å². The van der Waals surface area contributed by atoms with Crippen LogP contribution in [0, 0.1) is 26.9 Å². The van der Waals surface area contributed by atoms with Crippen molar-refractivity contribution in [3.63, 3.8) is 0 Å². The van der Waals surface area contributed by atoms with E-state index in [0.717, 1.165) is 0 Å². The molecule has 0 saturated heterocycles. The molecule has 0 unspecified atom stereocenters. The Hall–Kier alpha value is -1.92. The molecule has 7 heteroatoms. The highest BCUT2D eigenvalue weighted by atomic mass is 16.6. The van der Waals surface area contributed by atoms with E-state index >= 15 is 0 Å². The Morgan fingerprint density at radius 1 is 1.19 bits per heavy atom. The number of anilines is 2. The fraction of sp³-hybridized carbons (Fsp3) is 0.714. The maximum Gasteiger partial charge on any atom is 0.353 e. The van der Waals surface area contributed by atoms with Gasteiger partial charge in [-0.1, -0.05) is 27.7 Å². The van der Waals surface area contributed by atoms with Crippen LogP contribution in [0.15, 0.2) is 6.33 Å². The molecule has 21 heavy (non-hydrogen) atoms. The molecule has 0 aliphatic heterocycles. The molecule has 0 bridgehead atoms. The van der Waals surface area contributed by atoms with Crippen LogP contribution >= 0.6 is 0 Å². The molecular formula is C14H23N5O2. The van der Waals surface area contributed by atoms with E-state index in [1.54, 1.807) is 0 Å². The molecule has 0 radical (unpaired) electrons. The van der Waals surface area contributed by atoms with Gasteiger partial charge in [-0.15, -0.1) is 0 Å². The van der Waals surface area contributed by atoms with Crippen LogP contribution in [0.5, 0.6) is 0 Å². The van der Waals surface area contributed by atoms with E-state index in [2.05, 4.69) is 48.3 Å². The van der Waals surface area contributed by atoms with Crippen molar-refractivity contribution in [3.05, 3.63) is 16.4 Å². The molecule has 1 aromatic heterocycles. The average Bonchev–Trinajstić information content (AvgIpc) is 2.77. The summed E-state index contributed by atoms with van der Waals surface area (Å²) in [6, 6.07) is 0. The Kier molecular flexibility index (Phi) is 3.78. The average molecular weight is 293 g/mol. The number of hydrogen-bond acceptors (Lipinski definition) is 6. The molecule has 1 saturated carbocycles. The molecular weight excluding hydrogens is 270 g/mol. The topological polar surface area (TPSA) is 93.0 Å². The van der Waals surface area contributed by atoms with Crippen molar-refractivity contribution in [2.24, 2.45) is 16.7 Å².